The fourth-order valence-electron chi connectivity index (χ4n) is 4.65. The van der Waals surface area contributed by atoms with Gasteiger partial charge in [-0.05, 0) is 43.9 Å². The Labute approximate surface area is 240 Å². The van der Waals surface area contributed by atoms with Crippen LogP contribution < -0.4 is 16.4 Å². The van der Waals surface area contributed by atoms with E-state index in [2.05, 4.69) is 10.6 Å². The molecule has 0 radical (unpaired) electrons. The summed E-state index contributed by atoms with van der Waals surface area (Å²) in [5, 5.41) is 17.4. The van der Waals surface area contributed by atoms with Gasteiger partial charge >= 0.3 is 12.0 Å². The number of aliphatic hydroxyl groups is 1. The third-order valence-electron chi connectivity index (χ3n) is 7.05. The van der Waals surface area contributed by atoms with E-state index in [9.17, 15) is 27.9 Å². The van der Waals surface area contributed by atoms with Crippen LogP contribution in [0.5, 0.6) is 0 Å². The van der Waals surface area contributed by atoms with Gasteiger partial charge in [0.25, 0.3) is 10.1 Å². The molecular formula is C26H41ClN4O8S. The monoisotopic (exact) mass is 604 g/mol. The second-order valence-electron chi connectivity index (χ2n) is 11.8. The van der Waals surface area contributed by atoms with Gasteiger partial charge in [-0.2, -0.15) is 8.42 Å². The minimum absolute atomic E-state index is 0.174. The van der Waals surface area contributed by atoms with Gasteiger partial charge in [-0.15, -0.1) is 0 Å². The lowest BCUT2D eigenvalue weighted by Crippen LogP contribution is -2.61. The summed E-state index contributed by atoms with van der Waals surface area (Å²) in [6, 6.07) is 3.86. The third-order valence-corrected chi connectivity index (χ3v) is 8.08. The van der Waals surface area contributed by atoms with Crippen LogP contribution in [0.25, 0.3) is 0 Å². The predicted molar refractivity (Wildman–Crippen MR) is 150 cm³/mol. The van der Waals surface area contributed by atoms with Crippen LogP contribution in [0.1, 0.15) is 53.5 Å². The van der Waals surface area contributed by atoms with E-state index in [1.54, 1.807) is 43.0 Å². The van der Waals surface area contributed by atoms with E-state index in [0.717, 1.165) is 0 Å². The number of amides is 3. The molecule has 2 rings (SSSR count). The number of nitrogens with two attached hydrogens (primary N) is 1. The zero-order valence-corrected chi connectivity index (χ0v) is 25.3. The minimum Gasteiger partial charge on any atom is -0.457 e. The molecule has 14 heteroatoms. The minimum atomic E-state index is -4.48. The van der Waals surface area contributed by atoms with E-state index in [0.29, 0.717) is 17.0 Å². The average Bonchev–Trinajstić information content (AvgIpc) is 2.81. The summed E-state index contributed by atoms with van der Waals surface area (Å²) in [7, 11) is -4.48. The maximum absolute atomic E-state index is 13.5. The fraction of sp³-hybridized carbons (Fsp3) is 0.654. The molecule has 0 bridgehead atoms. The van der Waals surface area contributed by atoms with Crippen LogP contribution in [0.4, 0.5) is 4.79 Å². The second-order valence-corrected chi connectivity index (χ2v) is 13.8. The van der Waals surface area contributed by atoms with Crippen LogP contribution in [0.15, 0.2) is 24.3 Å². The van der Waals surface area contributed by atoms with Crippen LogP contribution in [-0.2, 0) is 30.0 Å². The van der Waals surface area contributed by atoms with Gasteiger partial charge in [-0.3, -0.25) is 14.1 Å². The van der Waals surface area contributed by atoms with E-state index in [-0.39, 0.29) is 31.5 Å². The van der Waals surface area contributed by atoms with Crippen molar-refractivity contribution in [2.24, 2.45) is 17.1 Å². The van der Waals surface area contributed by atoms with Gasteiger partial charge in [0.2, 0.25) is 5.91 Å². The first-order chi connectivity index (χ1) is 18.2. The zero-order valence-electron chi connectivity index (χ0n) is 23.7. The Morgan fingerprint density at radius 2 is 1.77 bits per heavy atom. The van der Waals surface area contributed by atoms with Crippen molar-refractivity contribution in [3.05, 3.63) is 34.9 Å². The molecular weight excluding hydrogens is 564 g/mol. The topological polar surface area (TPSA) is 188 Å². The Morgan fingerprint density at radius 1 is 1.20 bits per heavy atom. The number of rotatable bonds is 10. The Hall–Kier alpha value is -2.45. The van der Waals surface area contributed by atoms with Gasteiger partial charge in [-0.25, -0.2) is 4.79 Å². The fourth-order valence-corrected chi connectivity index (χ4v) is 5.36. The van der Waals surface area contributed by atoms with Crippen LogP contribution in [0.2, 0.25) is 5.02 Å². The van der Waals surface area contributed by atoms with Crippen molar-refractivity contribution in [3.63, 3.8) is 0 Å². The number of piperidine rings is 1. The number of ether oxygens (including phenoxy) is 1. The van der Waals surface area contributed by atoms with Gasteiger partial charge < -0.3 is 31.1 Å². The molecule has 0 spiro atoms. The molecule has 1 fully saturated rings. The molecule has 0 aromatic heterocycles. The van der Waals surface area contributed by atoms with Crippen molar-refractivity contribution >= 4 is 39.6 Å². The quantitative estimate of drug-likeness (QED) is 0.195. The maximum Gasteiger partial charge on any atom is 0.324 e. The highest BCUT2D eigenvalue weighted by Crippen LogP contribution is 2.46. The van der Waals surface area contributed by atoms with E-state index in [1.165, 1.54) is 13.8 Å². The number of halogens is 1. The van der Waals surface area contributed by atoms with Crippen molar-refractivity contribution in [1.82, 2.24) is 15.5 Å². The highest BCUT2D eigenvalue weighted by atomic mass is 35.5. The summed E-state index contributed by atoms with van der Waals surface area (Å²) in [4.78, 5) is 40.0. The van der Waals surface area contributed by atoms with Gasteiger partial charge in [0.1, 0.15) is 23.4 Å². The number of benzene rings is 1. The van der Waals surface area contributed by atoms with Gasteiger partial charge in [0, 0.05) is 23.5 Å². The molecule has 1 aromatic carbocycles. The van der Waals surface area contributed by atoms with Crippen LogP contribution in [0.3, 0.4) is 0 Å². The lowest BCUT2D eigenvalue weighted by molar-refractivity contribution is -0.157. The summed E-state index contributed by atoms with van der Waals surface area (Å²) in [5.41, 5.74) is 3.03. The smallest absolute Gasteiger partial charge is 0.324 e. The molecule has 3 atom stereocenters. The lowest BCUT2D eigenvalue weighted by atomic mass is 9.66. The van der Waals surface area contributed by atoms with Crippen LogP contribution in [-0.4, -0.2) is 84.0 Å². The Morgan fingerprint density at radius 3 is 2.27 bits per heavy atom. The van der Waals surface area contributed by atoms with E-state index in [1.807, 2.05) is 13.8 Å². The van der Waals surface area contributed by atoms with Crippen molar-refractivity contribution in [2.75, 3.05) is 25.4 Å². The molecule has 2 unspecified atom stereocenters. The van der Waals surface area contributed by atoms with E-state index in [4.69, 9.17) is 26.6 Å². The molecule has 1 saturated heterocycles. The Bertz CT molecular complexity index is 1190. The van der Waals surface area contributed by atoms with Gasteiger partial charge in [0.05, 0.1) is 12.1 Å². The molecule has 12 nitrogen and oxygen atoms in total. The third kappa shape index (κ3) is 8.77. The highest BCUT2D eigenvalue weighted by molar-refractivity contribution is 7.85. The number of nitrogens with zero attached hydrogens (tertiary/aromatic N) is 1. The lowest BCUT2D eigenvalue weighted by Gasteiger charge is -2.51. The van der Waals surface area contributed by atoms with E-state index < -0.39 is 56.6 Å². The molecule has 40 heavy (non-hydrogen) atoms. The summed E-state index contributed by atoms with van der Waals surface area (Å²) in [6.07, 6.45) is 0.295. The first kappa shape index (κ1) is 33.8. The molecule has 1 aliphatic rings. The van der Waals surface area contributed by atoms with Crippen LogP contribution in [0, 0.1) is 11.3 Å². The van der Waals surface area contributed by atoms with Gasteiger partial charge in [-0.1, -0.05) is 51.4 Å². The number of esters is 1. The SMILES string of the molecule is CC(C)C(NC(=O)NCC(C)(C)OC(=O)C(N)CS(=O)(=O)O)C(=O)N1CC[C@](O)(c2ccc(Cl)cc2)C(C)(C)C1. The molecule has 226 valence electrons. The first-order valence-corrected chi connectivity index (χ1v) is 14.9. The molecule has 0 aliphatic carbocycles. The summed E-state index contributed by atoms with van der Waals surface area (Å²) in [5.74, 6) is -2.62. The molecule has 1 aromatic rings. The zero-order chi connectivity index (χ0) is 30.7. The Balaban J connectivity index is 2.02. The molecule has 6 N–H and O–H groups in total. The normalized spacial score (nSPS) is 20.9. The van der Waals surface area contributed by atoms with Gasteiger partial charge in [0.15, 0.2) is 0 Å². The average molecular weight is 605 g/mol. The van der Waals surface area contributed by atoms with Crippen molar-refractivity contribution in [1.29, 1.82) is 0 Å². The number of hydrogen-bond donors (Lipinski definition) is 5. The highest BCUT2D eigenvalue weighted by Gasteiger charge is 2.50. The molecule has 0 saturated carbocycles. The molecule has 1 heterocycles. The molecule has 1 aliphatic heterocycles. The number of urea groups is 1. The first-order valence-electron chi connectivity index (χ1n) is 12.9. The number of carbonyl (C=O) groups excluding carboxylic acids is 3. The number of carbonyl (C=O) groups is 3. The number of likely N-dealkylation sites (tertiary alicyclic amines) is 1. The number of hydrogen-bond acceptors (Lipinski definition) is 8. The predicted octanol–water partition coefficient (Wildman–Crippen LogP) is 1.65. The van der Waals surface area contributed by atoms with E-state index >= 15 is 0 Å². The van der Waals surface area contributed by atoms with Crippen LogP contribution >= 0.6 is 11.6 Å². The van der Waals surface area contributed by atoms with Crippen molar-refractivity contribution in [2.45, 2.75) is 71.2 Å². The second kappa shape index (κ2) is 12.6. The standard InChI is InChI=1S/C26H41ClN4O8S/c1-16(2)20(30-23(34)29-14-25(5,6)39-22(33)19(28)13-40(36,37)38)21(32)31-12-11-26(35,24(3,4)15-31)17-7-9-18(27)10-8-17/h7-10,16,19-20,35H,11-15,28H2,1-6H3,(H2,29,30,34)(H,36,37,38)/t19?,20?,26-/m0/s1. The molecule has 3 amide bonds. The maximum atomic E-state index is 13.5. The van der Waals surface area contributed by atoms with Crippen molar-refractivity contribution < 1.29 is 37.2 Å². The van der Waals surface area contributed by atoms with Crippen molar-refractivity contribution in [3.8, 4) is 0 Å². The summed E-state index contributed by atoms with van der Waals surface area (Å²) >= 11 is 6.01. The largest absolute Gasteiger partial charge is 0.457 e. The number of nitrogens with one attached hydrogen (secondary N) is 2. The summed E-state index contributed by atoms with van der Waals surface area (Å²) in [6.45, 7) is 10.7. The summed E-state index contributed by atoms with van der Waals surface area (Å²) < 4.78 is 36.0. The Kier molecular flexibility index (Phi) is 10.6.